The molecule has 3 rings (SSSR count). The lowest BCUT2D eigenvalue weighted by molar-refractivity contribution is 0.240. The average Bonchev–Trinajstić information content (AvgIpc) is 2.91. The van der Waals surface area contributed by atoms with Crippen molar-refractivity contribution in [2.75, 3.05) is 6.54 Å². The molecular formula is C15H15F2N3. The zero-order chi connectivity index (χ0) is 13.9. The molecule has 0 spiro atoms. The zero-order valence-electron chi connectivity index (χ0n) is 11.0. The van der Waals surface area contributed by atoms with Crippen molar-refractivity contribution in [1.29, 1.82) is 0 Å². The van der Waals surface area contributed by atoms with Crippen molar-refractivity contribution in [3.05, 3.63) is 59.7 Å². The second-order valence-corrected chi connectivity index (χ2v) is 4.99. The molecule has 0 N–H and O–H groups in total. The van der Waals surface area contributed by atoms with E-state index in [0.29, 0.717) is 12.1 Å². The van der Waals surface area contributed by atoms with Crippen LogP contribution in [0.1, 0.15) is 30.1 Å². The summed E-state index contributed by atoms with van der Waals surface area (Å²) in [6.45, 7) is 1.35. The van der Waals surface area contributed by atoms with Crippen molar-refractivity contribution in [2.45, 2.75) is 25.4 Å². The first-order chi connectivity index (χ1) is 9.74. The van der Waals surface area contributed by atoms with Crippen molar-refractivity contribution in [2.24, 2.45) is 0 Å². The smallest absolute Gasteiger partial charge is 0.130 e. The molecule has 0 saturated carbocycles. The molecule has 0 unspecified atom stereocenters. The van der Waals surface area contributed by atoms with Gasteiger partial charge in [-0.1, -0.05) is 6.07 Å². The van der Waals surface area contributed by atoms with Gasteiger partial charge >= 0.3 is 0 Å². The van der Waals surface area contributed by atoms with E-state index in [1.165, 1.54) is 12.1 Å². The van der Waals surface area contributed by atoms with Crippen molar-refractivity contribution >= 4 is 0 Å². The molecule has 1 aromatic carbocycles. The molecule has 2 heterocycles. The third-order valence-corrected chi connectivity index (χ3v) is 3.68. The third kappa shape index (κ3) is 2.67. The van der Waals surface area contributed by atoms with Crippen LogP contribution < -0.4 is 0 Å². The standard InChI is InChI=1S/C15H15F2N3/c16-12-4-3-11(13(17)8-12)10-20-7-1-2-15(20)14-9-18-5-6-19-14/h3-6,8-9,15H,1-2,7,10H2/t15-/m0/s1. The molecule has 3 nitrogen and oxygen atoms in total. The van der Waals surface area contributed by atoms with Crippen molar-refractivity contribution < 1.29 is 8.78 Å². The van der Waals surface area contributed by atoms with E-state index in [9.17, 15) is 8.78 Å². The van der Waals surface area contributed by atoms with Gasteiger partial charge in [-0.05, 0) is 25.5 Å². The van der Waals surface area contributed by atoms with Crippen LogP contribution in [-0.4, -0.2) is 21.4 Å². The first-order valence-corrected chi connectivity index (χ1v) is 6.68. The summed E-state index contributed by atoms with van der Waals surface area (Å²) in [5.74, 6) is -1.03. The van der Waals surface area contributed by atoms with Gasteiger partial charge in [0.05, 0.1) is 11.7 Å². The Morgan fingerprint density at radius 3 is 2.90 bits per heavy atom. The van der Waals surface area contributed by atoms with E-state index >= 15 is 0 Å². The highest BCUT2D eigenvalue weighted by atomic mass is 19.1. The summed E-state index contributed by atoms with van der Waals surface area (Å²) in [5.41, 5.74) is 1.43. The molecule has 2 aromatic rings. The van der Waals surface area contributed by atoms with Crippen molar-refractivity contribution in [1.82, 2.24) is 14.9 Å². The van der Waals surface area contributed by atoms with E-state index in [-0.39, 0.29) is 6.04 Å². The quantitative estimate of drug-likeness (QED) is 0.862. The van der Waals surface area contributed by atoms with Gasteiger partial charge in [-0.3, -0.25) is 14.9 Å². The fourth-order valence-electron chi connectivity index (χ4n) is 2.70. The highest BCUT2D eigenvalue weighted by Gasteiger charge is 2.27. The van der Waals surface area contributed by atoms with Crippen LogP contribution >= 0.6 is 0 Å². The van der Waals surface area contributed by atoms with Crippen LogP contribution in [0.25, 0.3) is 0 Å². The molecule has 0 radical (unpaired) electrons. The summed E-state index contributed by atoms with van der Waals surface area (Å²) in [6, 6.07) is 3.90. The minimum atomic E-state index is -0.543. The molecule has 1 atom stereocenters. The summed E-state index contributed by atoms with van der Waals surface area (Å²) in [5, 5.41) is 0. The fourth-order valence-corrected chi connectivity index (χ4v) is 2.70. The molecule has 1 aromatic heterocycles. The van der Waals surface area contributed by atoms with Crippen LogP contribution in [0.3, 0.4) is 0 Å². The van der Waals surface area contributed by atoms with Crippen LogP contribution in [0.15, 0.2) is 36.8 Å². The molecule has 0 aliphatic carbocycles. The number of rotatable bonds is 3. The topological polar surface area (TPSA) is 29.0 Å². The summed E-state index contributed by atoms with van der Waals surface area (Å²) in [7, 11) is 0. The number of hydrogen-bond acceptors (Lipinski definition) is 3. The van der Waals surface area contributed by atoms with E-state index in [0.717, 1.165) is 31.1 Å². The normalized spacial score (nSPS) is 19.4. The van der Waals surface area contributed by atoms with Crippen LogP contribution in [0, 0.1) is 11.6 Å². The molecular weight excluding hydrogens is 260 g/mol. The highest BCUT2D eigenvalue weighted by molar-refractivity contribution is 5.19. The number of hydrogen-bond donors (Lipinski definition) is 0. The maximum Gasteiger partial charge on any atom is 0.130 e. The first kappa shape index (κ1) is 13.1. The van der Waals surface area contributed by atoms with Crippen LogP contribution in [0.2, 0.25) is 0 Å². The van der Waals surface area contributed by atoms with E-state index in [1.807, 2.05) is 0 Å². The Labute approximate surface area is 116 Å². The number of aromatic nitrogens is 2. The van der Waals surface area contributed by atoms with E-state index < -0.39 is 11.6 Å². The Hall–Kier alpha value is -1.88. The molecule has 1 aliphatic heterocycles. The number of halogens is 2. The lowest BCUT2D eigenvalue weighted by Crippen LogP contribution is -2.24. The number of benzene rings is 1. The Bertz CT molecular complexity index is 589. The predicted octanol–water partition coefficient (Wildman–Crippen LogP) is 3.09. The highest BCUT2D eigenvalue weighted by Crippen LogP contribution is 2.31. The summed E-state index contributed by atoms with van der Waals surface area (Å²) >= 11 is 0. The average molecular weight is 275 g/mol. The van der Waals surface area contributed by atoms with Crippen LogP contribution in [0.5, 0.6) is 0 Å². The first-order valence-electron chi connectivity index (χ1n) is 6.68. The predicted molar refractivity (Wildman–Crippen MR) is 70.8 cm³/mol. The third-order valence-electron chi connectivity index (χ3n) is 3.68. The molecule has 0 amide bonds. The Balaban J connectivity index is 1.79. The molecule has 1 aliphatic rings. The second kappa shape index (κ2) is 5.63. The van der Waals surface area contributed by atoms with Gasteiger partial charge in [0.2, 0.25) is 0 Å². The van der Waals surface area contributed by atoms with Gasteiger partial charge in [-0.25, -0.2) is 8.78 Å². The SMILES string of the molecule is Fc1ccc(CN2CCC[C@H]2c2cnccn2)c(F)c1. The van der Waals surface area contributed by atoms with Crippen LogP contribution in [0.4, 0.5) is 8.78 Å². The summed E-state index contributed by atoms with van der Waals surface area (Å²) in [6.07, 6.45) is 7.10. The monoisotopic (exact) mass is 275 g/mol. The Morgan fingerprint density at radius 2 is 2.15 bits per heavy atom. The maximum atomic E-state index is 13.7. The van der Waals surface area contributed by atoms with Crippen molar-refractivity contribution in [3.8, 4) is 0 Å². The van der Waals surface area contributed by atoms with Crippen molar-refractivity contribution in [3.63, 3.8) is 0 Å². The zero-order valence-corrected chi connectivity index (χ0v) is 11.0. The summed E-state index contributed by atoms with van der Waals surface area (Å²) < 4.78 is 26.7. The van der Waals surface area contributed by atoms with Crippen LogP contribution in [-0.2, 0) is 6.54 Å². The molecule has 0 bridgehead atoms. The lowest BCUT2D eigenvalue weighted by atomic mass is 10.1. The van der Waals surface area contributed by atoms with Gasteiger partial charge in [0.1, 0.15) is 11.6 Å². The lowest BCUT2D eigenvalue weighted by Gasteiger charge is -2.23. The number of nitrogens with zero attached hydrogens (tertiary/aromatic N) is 3. The fraction of sp³-hybridized carbons (Fsp3) is 0.333. The molecule has 1 saturated heterocycles. The molecule has 1 fully saturated rings. The van der Waals surface area contributed by atoms with E-state index in [1.54, 1.807) is 18.6 Å². The van der Waals surface area contributed by atoms with Gasteiger partial charge in [0.25, 0.3) is 0 Å². The Kier molecular flexibility index (Phi) is 3.69. The Morgan fingerprint density at radius 1 is 1.25 bits per heavy atom. The van der Waals surface area contributed by atoms with Gasteiger partial charge in [-0.2, -0.15) is 0 Å². The van der Waals surface area contributed by atoms with E-state index in [4.69, 9.17) is 0 Å². The number of likely N-dealkylation sites (tertiary alicyclic amines) is 1. The van der Waals surface area contributed by atoms with Gasteiger partial charge in [-0.15, -0.1) is 0 Å². The van der Waals surface area contributed by atoms with E-state index in [2.05, 4.69) is 14.9 Å². The molecule has 20 heavy (non-hydrogen) atoms. The molecule has 5 heteroatoms. The maximum absolute atomic E-state index is 13.7. The molecule has 104 valence electrons. The minimum absolute atomic E-state index is 0.160. The summed E-state index contributed by atoms with van der Waals surface area (Å²) in [4.78, 5) is 10.6. The second-order valence-electron chi connectivity index (χ2n) is 4.99. The minimum Gasteiger partial charge on any atom is -0.290 e. The van der Waals surface area contributed by atoms with Gasteiger partial charge in [0, 0.05) is 36.8 Å². The van der Waals surface area contributed by atoms with Gasteiger partial charge in [0.15, 0.2) is 0 Å². The largest absolute Gasteiger partial charge is 0.290 e. The van der Waals surface area contributed by atoms with Gasteiger partial charge < -0.3 is 0 Å².